The number of aromatic nitrogens is 5. The minimum Gasteiger partial charge on any atom is -0.455 e. The van der Waals surface area contributed by atoms with Gasteiger partial charge in [-0.3, -0.25) is 4.57 Å². The van der Waals surface area contributed by atoms with Gasteiger partial charge in [0.05, 0.1) is 22.1 Å². The van der Waals surface area contributed by atoms with Gasteiger partial charge in [0.15, 0.2) is 11.6 Å². The summed E-state index contributed by atoms with van der Waals surface area (Å²) >= 11 is 0. The molecule has 0 N–H and O–H groups in total. The van der Waals surface area contributed by atoms with Crippen LogP contribution in [0, 0.1) is 0 Å². The van der Waals surface area contributed by atoms with E-state index in [4.69, 9.17) is 19.4 Å². The van der Waals surface area contributed by atoms with E-state index in [0.29, 0.717) is 17.6 Å². The Hall–Kier alpha value is -7.83. The summed E-state index contributed by atoms with van der Waals surface area (Å²) in [6, 6.07) is 62.8. The van der Waals surface area contributed by atoms with E-state index in [1.165, 1.54) is 11.1 Å². The van der Waals surface area contributed by atoms with Crippen molar-refractivity contribution in [3.63, 3.8) is 0 Å². The van der Waals surface area contributed by atoms with Crippen molar-refractivity contribution in [1.29, 1.82) is 0 Å². The van der Waals surface area contributed by atoms with E-state index in [0.717, 1.165) is 93.5 Å². The topological polar surface area (TPSA) is 61.7 Å². The highest BCUT2D eigenvalue weighted by Gasteiger charge is 2.25. The first-order valence-corrected chi connectivity index (χ1v) is 22.4. The molecule has 0 saturated carbocycles. The van der Waals surface area contributed by atoms with Gasteiger partial charge in [0, 0.05) is 54.7 Å². The molecule has 12 aromatic rings. The van der Waals surface area contributed by atoms with Gasteiger partial charge in [-0.25, -0.2) is 4.98 Å². The zero-order valence-electron chi connectivity index (χ0n) is 37.4. The van der Waals surface area contributed by atoms with Crippen LogP contribution in [0.2, 0.25) is 0 Å². The lowest BCUT2D eigenvalue weighted by atomic mass is 9.86. The third-order valence-corrected chi connectivity index (χ3v) is 13.1. The smallest absolute Gasteiger partial charge is 0.238 e. The number of hydrogen-bond donors (Lipinski definition) is 0. The molecule has 0 spiro atoms. The molecule has 314 valence electrons. The first-order chi connectivity index (χ1) is 31.5. The van der Waals surface area contributed by atoms with Crippen molar-refractivity contribution in [3.05, 3.63) is 187 Å². The molecule has 0 saturated heterocycles. The van der Waals surface area contributed by atoms with Gasteiger partial charge in [-0.2, -0.15) is 9.97 Å². The largest absolute Gasteiger partial charge is 0.455 e. The molecule has 4 heterocycles. The van der Waals surface area contributed by atoms with Gasteiger partial charge in [0.25, 0.3) is 0 Å². The second-order valence-corrected chi connectivity index (χ2v) is 19.3. The van der Waals surface area contributed by atoms with Gasteiger partial charge in [-0.05, 0) is 57.9 Å². The quantitative estimate of drug-likeness (QED) is 0.173. The Balaban J connectivity index is 1.20. The Kier molecular flexibility index (Phi) is 8.57. The summed E-state index contributed by atoms with van der Waals surface area (Å²) < 4.78 is 11.4. The van der Waals surface area contributed by atoms with Gasteiger partial charge in [0.2, 0.25) is 5.95 Å². The van der Waals surface area contributed by atoms with Crippen LogP contribution < -0.4 is 0 Å². The van der Waals surface area contributed by atoms with Crippen molar-refractivity contribution in [2.24, 2.45) is 0 Å². The van der Waals surface area contributed by atoms with Crippen molar-refractivity contribution >= 4 is 65.6 Å². The molecule has 0 fully saturated rings. The van der Waals surface area contributed by atoms with Crippen LogP contribution in [0.25, 0.3) is 111 Å². The molecule has 65 heavy (non-hydrogen) atoms. The van der Waals surface area contributed by atoms with Crippen LogP contribution in [0.15, 0.2) is 180 Å². The highest BCUT2D eigenvalue weighted by molar-refractivity contribution is 6.24. The number of rotatable bonds is 5. The first kappa shape index (κ1) is 38.8. The highest BCUT2D eigenvalue weighted by atomic mass is 16.3. The molecular weight excluding hydrogens is 795 g/mol. The van der Waals surface area contributed by atoms with Gasteiger partial charge >= 0.3 is 0 Å². The summed E-state index contributed by atoms with van der Waals surface area (Å²) in [6.45, 7) is 13.4. The first-order valence-electron chi connectivity index (χ1n) is 22.4. The number of benzene rings is 8. The Labute approximate surface area is 377 Å². The average molecular weight is 842 g/mol. The summed E-state index contributed by atoms with van der Waals surface area (Å²) in [7, 11) is 0. The van der Waals surface area contributed by atoms with Gasteiger partial charge in [0.1, 0.15) is 11.2 Å². The van der Waals surface area contributed by atoms with Crippen molar-refractivity contribution in [1.82, 2.24) is 24.1 Å². The lowest BCUT2D eigenvalue weighted by Crippen LogP contribution is -2.11. The molecule has 6 nitrogen and oxygen atoms in total. The third-order valence-electron chi connectivity index (χ3n) is 13.1. The van der Waals surface area contributed by atoms with E-state index in [1.807, 2.05) is 6.07 Å². The summed E-state index contributed by atoms with van der Waals surface area (Å²) in [6.07, 6.45) is 0. The Morgan fingerprint density at radius 2 is 0.892 bits per heavy atom. The summed E-state index contributed by atoms with van der Waals surface area (Å²) in [5.74, 6) is 1.80. The van der Waals surface area contributed by atoms with Crippen molar-refractivity contribution in [2.75, 3.05) is 0 Å². The molecule has 12 rings (SSSR count). The van der Waals surface area contributed by atoms with Gasteiger partial charge < -0.3 is 8.98 Å². The number of para-hydroxylation sites is 3. The molecular formula is C59H47N5O. The maximum Gasteiger partial charge on any atom is 0.238 e. The minimum absolute atomic E-state index is 0.00660. The molecule has 0 radical (unpaired) electrons. The normalized spacial score (nSPS) is 12.5. The van der Waals surface area contributed by atoms with Crippen LogP contribution in [0.1, 0.15) is 52.7 Å². The molecule has 0 bridgehead atoms. The van der Waals surface area contributed by atoms with Crippen LogP contribution >= 0.6 is 0 Å². The minimum atomic E-state index is 0.00660. The highest BCUT2D eigenvalue weighted by Crippen LogP contribution is 2.44. The number of furan rings is 1. The Morgan fingerprint density at radius 1 is 0.400 bits per heavy atom. The SMILES string of the molecule is CC(C)(C)c1ccc(-c2nc(-c3ccc(C(C)(C)C)cc3)nc(-n3c4ccccc4c4ccc5c6ccccc6n(-c6cc(-c7ccccc7)c7oc8ccccc8c7c6)c5c43)n2)cc1. The van der Waals surface area contributed by atoms with E-state index in [1.54, 1.807) is 0 Å². The van der Waals surface area contributed by atoms with Crippen LogP contribution in [-0.4, -0.2) is 24.1 Å². The molecule has 0 atom stereocenters. The van der Waals surface area contributed by atoms with E-state index < -0.39 is 0 Å². The summed E-state index contributed by atoms with van der Waals surface area (Å²) in [4.78, 5) is 16.1. The van der Waals surface area contributed by atoms with Crippen molar-refractivity contribution in [3.8, 4) is 45.5 Å². The fourth-order valence-corrected chi connectivity index (χ4v) is 9.71. The monoisotopic (exact) mass is 841 g/mol. The standard InChI is InChI=1S/C59H47N5O/c1-58(2,3)39-28-24-37(25-29-39)55-60-56(38-26-30-40(31-27-38)59(4,5)6)62-57(61-55)64-50-22-14-11-19-43(50)46-33-32-45-42-18-10-13-21-49(42)63(52(45)53(46)64)41-34-47(36-16-8-7-9-17-36)54-48(35-41)44-20-12-15-23-51(44)65-54/h7-35H,1-6H3. The molecule has 0 amide bonds. The molecule has 0 aliphatic heterocycles. The molecule has 0 unspecified atom stereocenters. The van der Waals surface area contributed by atoms with Gasteiger partial charge in [-0.1, -0.05) is 187 Å². The van der Waals surface area contributed by atoms with Crippen LogP contribution in [0.3, 0.4) is 0 Å². The molecule has 6 heteroatoms. The predicted molar refractivity (Wildman–Crippen MR) is 269 cm³/mol. The zero-order chi connectivity index (χ0) is 44.2. The molecule has 0 aliphatic carbocycles. The lowest BCUT2D eigenvalue weighted by molar-refractivity contribution is 0.590. The average Bonchev–Trinajstić information content (AvgIpc) is 3.99. The number of fused-ring (bicyclic) bond motifs is 10. The zero-order valence-corrected chi connectivity index (χ0v) is 37.4. The summed E-state index contributed by atoms with van der Waals surface area (Å²) in [5, 5.41) is 6.68. The summed E-state index contributed by atoms with van der Waals surface area (Å²) in [5.41, 5.74) is 13.5. The number of hydrogen-bond acceptors (Lipinski definition) is 4. The Bertz CT molecular complexity index is 3740. The Morgan fingerprint density at radius 3 is 1.46 bits per heavy atom. The van der Waals surface area contributed by atoms with Crippen LogP contribution in [0.4, 0.5) is 0 Å². The second-order valence-electron chi connectivity index (χ2n) is 19.3. The fourth-order valence-electron chi connectivity index (χ4n) is 9.71. The van der Waals surface area contributed by atoms with E-state index in [9.17, 15) is 0 Å². The third kappa shape index (κ3) is 6.27. The van der Waals surface area contributed by atoms with Crippen LogP contribution in [0.5, 0.6) is 0 Å². The maximum absolute atomic E-state index is 6.68. The number of nitrogens with zero attached hydrogens (tertiary/aromatic N) is 5. The maximum atomic E-state index is 6.68. The van der Waals surface area contributed by atoms with E-state index in [2.05, 4.69) is 221 Å². The van der Waals surface area contributed by atoms with Crippen LogP contribution in [-0.2, 0) is 10.8 Å². The van der Waals surface area contributed by atoms with Gasteiger partial charge in [-0.15, -0.1) is 0 Å². The second kappa shape index (κ2) is 14.3. The van der Waals surface area contributed by atoms with E-state index in [-0.39, 0.29) is 10.8 Å². The molecule has 8 aromatic carbocycles. The fraction of sp³-hybridized carbons (Fsp3) is 0.136. The van der Waals surface area contributed by atoms with Crippen molar-refractivity contribution in [2.45, 2.75) is 52.4 Å². The lowest BCUT2D eigenvalue weighted by Gasteiger charge is -2.19. The predicted octanol–water partition coefficient (Wildman–Crippen LogP) is 15.6. The molecule has 4 aromatic heterocycles. The van der Waals surface area contributed by atoms with Crippen molar-refractivity contribution < 1.29 is 4.42 Å². The van der Waals surface area contributed by atoms with E-state index >= 15 is 0 Å². The molecule has 0 aliphatic rings.